The zero-order chi connectivity index (χ0) is 35.3. The molecule has 3 aliphatic heterocycles. The third-order valence-electron chi connectivity index (χ3n) is 9.84. The Bertz CT molecular complexity index is 2380. The minimum atomic E-state index is 0.685. The van der Waals surface area contributed by atoms with E-state index in [1.165, 1.54) is 0 Å². The van der Waals surface area contributed by atoms with Crippen molar-refractivity contribution in [1.82, 2.24) is 4.98 Å². The second kappa shape index (κ2) is 12.3. The molecule has 4 aliphatic rings. The van der Waals surface area contributed by atoms with Gasteiger partial charge in [-0.2, -0.15) is 0 Å². The Hall–Kier alpha value is -7.12. The van der Waals surface area contributed by atoms with Crippen molar-refractivity contribution in [3.63, 3.8) is 0 Å². The molecule has 4 aromatic carbocycles. The van der Waals surface area contributed by atoms with Crippen molar-refractivity contribution >= 4 is 56.5 Å². The molecule has 0 unspecified atom stereocenters. The van der Waals surface area contributed by atoms with Crippen LogP contribution < -0.4 is 22.9 Å². The van der Waals surface area contributed by atoms with Crippen LogP contribution in [0, 0.1) is 0 Å². The first-order valence-corrected chi connectivity index (χ1v) is 17.2. The second-order valence-corrected chi connectivity index (χ2v) is 13.3. The van der Waals surface area contributed by atoms with Crippen LogP contribution in [0.5, 0.6) is 0 Å². The molecule has 52 heavy (non-hydrogen) atoms. The van der Waals surface area contributed by atoms with Gasteiger partial charge < -0.3 is 27.9 Å². The Morgan fingerprint density at radius 2 is 0.692 bits per heavy atom. The summed E-state index contributed by atoms with van der Waals surface area (Å²) in [5, 5.41) is 0. The molecule has 0 spiro atoms. The summed E-state index contributed by atoms with van der Waals surface area (Å²) in [6.45, 7) is 0. The lowest BCUT2D eigenvalue weighted by atomic mass is 9.91. The van der Waals surface area contributed by atoms with Crippen LogP contribution in [0.3, 0.4) is 0 Å². The Labute approximate surface area is 301 Å². The van der Waals surface area contributed by atoms with Gasteiger partial charge in [0.1, 0.15) is 0 Å². The van der Waals surface area contributed by atoms with Crippen LogP contribution in [0.25, 0.3) is 22.3 Å². The molecule has 0 radical (unpaired) electrons. The van der Waals surface area contributed by atoms with Gasteiger partial charge in [-0.25, -0.2) is 9.98 Å². The molecule has 1 aromatic heterocycles. The molecule has 4 heterocycles. The van der Waals surface area contributed by atoms with E-state index in [1.807, 2.05) is 72.8 Å². The van der Waals surface area contributed by atoms with Crippen LogP contribution in [0.1, 0.15) is 40.1 Å². The number of nitrogens with zero attached hydrogens (tertiary/aromatic N) is 2. The van der Waals surface area contributed by atoms with Gasteiger partial charge in [-0.05, 0) is 125 Å². The summed E-state index contributed by atoms with van der Waals surface area (Å²) >= 11 is 0. The molecule has 9 N–H and O–H groups in total. The monoisotopic (exact) mass is 673 g/mol. The maximum Gasteiger partial charge on any atom is 0.0737 e. The first-order valence-electron chi connectivity index (χ1n) is 17.2. The second-order valence-electron chi connectivity index (χ2n) is 13.3. The molecule has 0 fully saturated rings. The number of hydrogen-bond acceptors (Lipinski definition) is 6. The lowest BCUT2D eigenvalue weighted by Crippen LogP contribution is -2.03. The van der Waals surface area contributed by atoms with E-state index in [4.69, 9.17) is 32.9 Å². The molecule has 8 bridgehead atoms. The van der Waals surface area contributed by atoms with Gasteiger partial charge in [0.05, 0.1) is 22.8 Å². The van der Waals surface area contributed by atoms with E-state index < -0.39 is 0 Å². The fourth-order valence-electron chi connectivity index (χ4n) is 7.31. The SMILES string of the molecule is Nc1ccc(C2=C3C=CC(=C(c4ccc(N)cc4)C4=NC(=C(c5ccc(N)cc5)c5ccc([nH]5)C(c5ccc(N)cc5)=C5C=CC2=N5)C=C4)C3)cc1. The first-order chi connectivity index (χ1) is 25.4. The summed E-state index contributed by atoms with van der Waals surface area (Å²) in [6.07, 6.45) is 13.5. The smallest absolute Gasteiger partial charge is 0.0737 e. The van der Waals surface area contributed by atoms with Gasteiger partial charge in [-0.1, -0.05) is 60.7 Å². The lowest BCUT2D eigenvalue weighted by molar-refractivity contribution is 1.26. The molecule has 250 valence electrons. The Morgan fingerprint density at radius 3 is 1.04 bits per heavy atom. The minimum absolute atomic E-state index is 0.685. The number of hydrogen-bond donors (Lipinski definition) is 5. The van der Waals surface area contributed by atoms with Gasteiger partial charge >= 0.3 is 0 Å². The highest BCUT2D eigenvalue weighted by Gasteiger charge is 2.26. The molecule has 7 heteroatoms. The third-order valence-corrected chi connectivity index (χ3v) is 9.84. The van der Waals surface area contributed by atoms with Gasteiger partial charge in [0.25, 0.3) is 0 Å². The highest BCUT2D eigenvalue weighted by molar-refractivity contribution is 6.34. The highest BCUT2D eigenvalue weighted by Crippen LogP contribution is 2.41. The van der Waals surface area contributed by atoms with E-state index in [-0.39, 0.29) is 0 Å². The van der Waals surface area contributed by atoms with Gasteiger partial charge in [0.15, 0.2) is 0 Å². The molecule has 0 saturated carbocycles. The van der Waals surface area contributed by atoms with Gasteiger partial charge in [-0.3, -0.25) is 0 Å². The quantitative estimate of drug-likeness (QED) is 0.121. The van der Waals surface area contributed by atoms with E-state index in [0.29, 0.717) is 29.2 Å². The standard InChI is InChI=1S/C45H35N7/c46-32-11-3-26(4-12-32)42-30-1-2-31(25-30)43(27-5-13-33(47)14-6-27)37-20-22-39(51-37)45(29-9-17-35(49)18-10-29)41-24-23-40(52-41)44(38-21-19-36(42)50-38)28-7-15-34(48)16-8-28/h1-24,52H,25,46-49H2. The molecule has 0 saturated heterocycles. The molecular formula is C45H35N7. The number of rotatable bonds is 4. The number of nitrogens with one attached hydrogen (secondary N) is 1. The zero-order valence-corrected chi connectivity index (χ0v) is 28.3. The third kappa shape index (κ3) is 5.51. The van der Waals surface area contributed by atoms with E-state index in [1.54, 1.807) is 0 Å². The molecular weight excluding hydrogens is 639 g/mol. The number of aliphatic imine (C=N–C) groups is 2. The summed E-state index contributed by atoms with van der Waals surface area (Å²) in [7, 11) is 0. The average molecular weight is 674 g/mol. The average Bonchev–Trinajstić information content (AvgIpc) is 3.99. The number of aromatic nitrogens is 1. The van der Waals surface area contributed by atoms with E-state index in [2.05, 4.69) is 77.8 Å². The summed E-state index contributed by atoms with van der Waals surface area (Å²) in [6, 6.07) is 36.2. The number of H-pyrrole nitrogens is 1. The highest BCUT2D eigenvalue weighted by atomic mass is 14.8. The number of anilines is 4. The Morgan fingerprint density at radius 1 is 0.365 bits per heavy atom. The van der Waals surface area contributed by atoms with Crippen molar-refractivity contribution in [2.45, 2.75) is 6.42 Å². The Kier molecular flexibility index (Phi) is 7.33. The van der Waals surface area contributed by atoms with Crippen LogP contribution >= 0.6 is 0 Å². The molecule has 7 nitrogen and oxygen atoms in total. The number of nitrogen functional groups attached to an aromatic ring is 4. The van der Waals surface area contributed by atoms with Crippen molar-refractivity contribution in [3.05, 3.63) is 202 Å². The number of allylic oxidation sites excluding steroid dienone is 10. The van der Waals surface area contributed by atoms with Crippen LogP contribution in [-0.2, 0) is 0 Å². The normalized spacial score (nSPS) is 16.4. The maximum atomic E-state index is 6.16. The van der Waals surface area contributed by atoms with Crippen LogP contribution in [-0.4, -0.2) is 16.4 Å². The van der Waals surface area contributed by atoms with Crippen molar-refractivity contribution in [2.24, 2.45) is 9.98 Å². The fourth-order valence-corrected chi connectivity index (χ4v) is 7.31. The topological polar surface area (TPSA) is 145 Å². The number of fused-ring (bicyclic) bond motifs is 6. The number of benzene rings is 4. The van der Waals surface area contributed by atoms with Crippen molar-refractivity contribution in [3.8, 4) is 0 Å². The van der Waals surface area contributed by atoms with Gasteiger partial charge in [0.2, 0.25) is 0 Å². The predicted molar refractivity (Wildman–Crippen MR) is 217 cm³/mol. The Balaban J connectivity index is 1.35. The minimum Gasteiger partial charge on any atom is -0.399 e. The first kappa shape index (κ1) is 30.9. The zero-order valence-electron chi connectivity index (χ0n) is 28.3. The van der Waals surface area contributed by atoms with E-state index in [9.17, 15) is 0 Å². The number of nitrogens with two attached hydrogens (primary N) is 4. The van der Waals surface area contributed by atoms with Crippen molar-refractivity contribution in [2.75, 3.05) is 22.9 Å². The largest absolute Gasteiger partial charge is 0.399 e. The van der Waals surface area contributed by atoms with Crippen LogP contribution in [0.2, 0.25) is 0 Å². The number of aromatic amines is 1. The summed E-state index contributed by atoms with van der Waals surface area (Å²) in [5.74, 6) is 0. The van der Waals surface area contributed by atoms with E-state index >= 15 is 0 Å². The van der Waals surface area contributed by atoms with Crippen LogP contribution in [0.4, 0.5) is 22.7 Å². The summed E-state index contributed by atoms with van der Waals surface area (Å²) in [4.78, 5) is 14.5. The molecule has 0 atom stereocenters. The molecule has 0 amide bonds. The van der Waals surface area contributed by atoms with Crippen molar-refractivity contribution in [1.29, 1.82) is 0 Å². The summed E-state index contributed by atoms with van der Waals surface area (Å²) < 4.78 is 0. The molecule has 5 aromatic rings. The molecule has 9 rings (SSSR count). The van der Waals surface area contributed by atoms with Gasteiger partial charge in [-0.15, -0.1) is 0 Å². The van der Waals surface area contributed by atoms with Gasteiger partial charge in [0, 0.05) is 56.4 Å². The predicted octanol–water partition coefficient (Wildman–Crippen LogP) is 8.77. The van der Waals surface area contributed by atoms with Crippen LogP contribution in [0.15, 0.2) is 178 Å². The van der Waals surface area contributed by atoms with Crippen molar-refractivity contribution < 1.29 is 0 Å². The van der Waals surface area contributed by atoms with E-state index in [0.717, 1.165) is 89.9 Å². The lowest BCUT2D eigenvalue weighted by Gasteiger charge is -2.15. The fraction of sp³-hybridized carbons (Fsp3) is 0.0222. The molecule has 1 aliphatic carbocycles. The maximum absolute atomic E-state index is 6.16. The summed E-state index contributed by atoms with van der Waals surface area (Å²) in [5.41, 5.74) is 43.2.